The third kappa shape index (κ3) is 1.46. The molecule has 0 saturated heterocycles. The van der Waals surface area contributed by atoms with E-state index in [0.717, 1.165) is 0 Å². The van der Waals surface area contributed by atoms with Crippen LogP contribution in [-0.4, -0.2) is 19.7 Å². The molecule has 0 aromatic carbocycles. The topological polar surface area (TPSA) is 50.7 Å². The maximum atomic E-state index is 4.99. The van der Waals surface area contributed by atoms with E-state index in [1.165, 1.54) is 0 Å². The van der Waals surface area contributed by atoms with E-state index in [0.29, 0.717) is 0 Å². The first-order valence-electron chi connectivity index (χ1n) is 1.50. The Morgan fingerprint density at radius 2 is 2.33 bits per heavy atom. The Morgan fingerprint density at radius 3 is 2.33 bits per heavy atom. The first-order valence-corrected chi connectivity index (χ1v) is 1.50. The molecule has 0 aliphatic carbocycles. The van der Waals surface area contributed by atoms with Crippen LogP contribution in [0.15, 0.2) is 9.98 Å². The van der Waals surface area contributed by atoms with Gasteiger partial charge in [0.15, 0.2) is 0 Å². The number of rotatable bonds is 0. The predicted octanol–water partition coefficient (Wildman–Crippen LogP) is -0.369. The van der Waals surface area contributed by atoms with Crippen LogP contribution in [0.25, 0.3) is 0 Å². The van der Waals surface area contributed by atoms with Gasteiger partial charge in [-0.05, 0) is 6.72 Å². The summed E-state index contributed by atoms with van der Waals surface area (Å²) in [6.45, 7) is 3.13. The molecule has 0 heterocycles. The van der Waals surface area contributed by atoms with Gasteiger partial charge < -0.3 is 5.73 Å². The molecule has 0 rings (SSSR count). The highest BCUT2D eigenvalue weighted by molar-refractivity contribution is 5.81. The van der Waals surface area contributed by atoms with Gasteiger partial charge in [-0.2, -0.15) is 0 Å². The van der Waals surface area contributed by atoms with E-state index in [-0.39, 0.29) is 5.96 Å². The van der Waals surface area contributed by atoms with Crippen molar-refractivity contribution < 1.29 is 0 Å². The summed E-state index contributed by atoms with van der Waals surface area (Å²) in [5.41, 5.74) is 4.99. The summed E-state index contributed by atoms with van der Waals surface area (Å²) in [5.74, 6) is 0.231. The second-order valence-corrected chi connectivity index (χ2v) is 0.740. The van der Waals surface area contributed by atoms with Gasteiger partial charge in [0.2, 0.25) is 5.96 Å². The number of nitrogens with two attached hydrogens (primary N) is 1. The lowest BCUT2D eigenvalue weighted by Crippen LogP contribution is -2.05. The van der Waals surface area contributed by atoms with Gasteiger partial charge in [0, 0.05) is 7.05 Å². The van der Waals surface area contributed by atoms with Crippen molar-refractivity contribution in [3.8, 4) is 0 Å². The molecule has 34 valence electrons. The zero-order valence-corrected chi connectivity index (χ0v) is 3.68. The van der Waals surface area contributed by atoms with Crippen molar-refractivity contribution in [1.82, 2.24) is 0 Å². The molecule has 0 aromatic rings. The van der Waals surface area contributed by atoms with Crippen molar-refractivity contribution in [2.75, 3.05) is 7.05 Å². The predicted molar refractivity (Wildman–Crippen MR) is 27.1 cm³/mol. The molecule has 0 aliphatic heterocycles. The van der Waals surface area contributed by atoms with E-state index in [4.69, 9.17) is 5.73 Å². The smallest absolute Gasteiger partial charge is 0.214 e. The number of hydrogen-bond donors (Lipinski definition) is 1. The van der Waals surface area contributed by atoms with Crippen molar-refractivity contribution in [1.29, 1.82) is 0 Å². The lowest BCUT2D eigenvalue weighted by Gasteiger charge is -1.78. The van der Waals surface area contributed by atoms with Gasteiger partial charge in [-0.3, -0.25) is 4.99 Å². The zero-order valence-electron chi connectivity index (χ0n) is 3.68. The van der Waals surface area contributed by atoms with Gasteiger partial charge in [-0.1, -0.05) is 0 Å². The molecule has 0 spiro atoms. The Balaban J connectivity index is 3.50. The van der Waals surface area contributed by atoms with Crippen LogP contribution in [0.5, 0.6) is 0 Å². The standard InChI is InChI=1S/C3H7N3/c1-5-3(4)6-2/h1H2,2H3,(H2,4,6). The monoisotopic (exact) mass is 85.1 g/mol. The summed E-state index contributed by atoms with van der Waals surface area (Å²) >= 11 is 0. The molecule has 2 N–H and O–H groups in total. The number of nitrogens with zero attached hydrogens (tertiary/aromatic N) is 2. The first-order chi connectivity index (χ1) is 2.81. The maximum absolute atomic E-state index is 4.99. The minimum atomic E-state index is 0.231. The van der Waals surface area contributed by atoms with Crippen LogP contribution < -0.4 is 5.73 Å². The van der Waals surface area contributed by atoms with E-state index in [1.807, 2.05) is 0 Å². The number of aliphatic imine (C=N–C) groups is 2. The molecule has 3 nitrogen and oxygen atoms in total. The van der Waals surface area contributed by atoms with Gasteiger partial charge in [0.1, 0.15) is 0 Å². The lowest BCUT2D eigenvalue weighted by molar-refractivity contribution is 1.36. The molecule has 6 heavy (non-hydrogen) atoms. The molecule has 0 radical (unpaired) electrons. The second-order valence-electron chi connectivity index (χ2n) is 0.740. The Kier molecular flexibility index (Phi) is 2.04. The molecule has 3 heteroatoms. The normalized spacial score (nSPS) is 11.2. The Morgan fingerprint density at radius 1 is 1.83 bits per heavy atom. The Hall–Kier alpha value is -0.860. The van der Waals surface area contributed by atoms with Crippen LogP contribution in [0.3, 0.4) is 0 Å². The van der Waals surface area contributed by atoms with E-state index >= 15 is 0 Å². The molecule has 0 amide bonds. The molecule has 0 fully saturated rings. The average Bonchev–Trinajstić information content (AvgIpc) is 1.65. The van der Waals surface area contributed by atoms with Crippen LogP contribution in [0.1, 0.15) is 0 Å². The molecule has 0 atom stereocenters. The summed E-state index contributed by atoms with van der Waals surface area (Å²) in [7, 11) is 1.56. The highest BCUT2D eigenvalue weighted by Crippen LogP contribution is 1.59. The second kappa shape index (κ2) is 2.38. The molecule has 0 aliphatic rings. The number of hydrogen-bond acceptors (Lipinski definition) is 1. The van der Waals surface area contributed by atoms with Crippen molar-refractivity contribution in [2.45, 2.75) is 0 Å². The maximum Gasteiger partial charge on any atom is 0.214 e. The summed E-state index contributed by atoms with van der Waals surface area (Å²) in [4.78, 5) is 6.76. The lowest BCUT2D eigenvalue weighted by atomic mass is 11.0. The summed E-state index contributed by atoms with van der Waals surface area (Å²) < 4.78 is 0. The molecular weight excluding hydrogens is 78.1 g/mol. The highest BCUT2D eigenvalue weighted by atomic mass is 15.0. The average molecular weight is 85.1 g/mol. The van der Waals surface area contributed by atoms with Gasteiger partial charge >= 0.3 is 0 Å². The van der Waals surface area contributed by atoms with E-state index < -0.39 is 0 Å². The van der Waals surface area contributed by atoms with Crippen molar-refractivity contribution >= 4 is 12.7 Å². The number of guanidine groups is 1. The largest absolute Gasteiger partial charge is 0.368 e. The van der Waals surface area contributed by atoms with E-state index in [9.17, 15) is 0 Å². The SMILES string of the molecule is C=NC(N)=NC. The van der Waals surface area contributed by atoms with Crippen molar-refractivity contribution in [2.24, 2.45) is 15.7 Å². The van der Waals surface area contributed by atoms with Gasteiger partial charge in [-0.15, -0.1) is 0 Å². The fourth-order valence-corrected chi connectivity index (χ4v) is 0.0707. The molecule has 0 unspecified atom stereocenters. The summed E-state index contributed by atoms with van der Waals surface area (Å²) in [5, 5.41) is 0. The fourth-order valence-electron chi connectivity index (χ4n) is 0.0707. The van der Waals surface area contributed by atoms with E-state index in [1.54, 1.807) is 7.05 Å². The highest BCUT2D eigenvalue weighted by Gasteiger charge is 1.69. The third-order valence-corrected chi connectivity index (χ3v) is 0.391. The van der Waals surface area contributed by atoms with Crippen LogP contribution in [-0.2, 0) is 0 Å². The van der Waals surface area contributed by atoms with Crippen LogP contribution in [0.2, 0.25) is 0 Å². The van der Waals surface area contributed by atoms with Crippen LogP contribution in [0.4, 0.5) is 0 Å². The molecule has 0 saturated carbocycles. The molecular formula is C3H7N3. The van der Waals surface area contributed by atoms with Crippen LogP contribution >= 0.6 is 0 Å². The fraction of sp³-hybridized carbons (Fsp3) is 0.333. The summed E-state index contributed by atoms with van der Waals surface area (Å²) in [6.07, 6.45) is 0. The Bertz CT molecular complexity index is 74.1. The van der Waals surface area contributed by atoms with Crippen molar-refractivity contribution in [3.63, 3.8) is 0 Å². The first kappa shape index (κ1) is 5.14. The van der Waals surface area contributed by atoms with Crippen LogP contribution in [0, 0.1) is 0 Å². The zero-order chi connectivity index (χ0) is 4.99. The molecule has 0 aromatic heterocycles. The van der Waals surface area contributed by atoms with Gasteiger partial charge in [0.05, 0.1) is 0 Å². The summed E-state index contributed by atoms with van der Waals surface area (Å²) in [6, 6.07) is 0. The minimum Gasteiger partial charge on any atom is -0.368 e. The van der Waals surface area contributed by atoms with Crippen molar-refractivity contribution in [3.05, 3.63) is 0 Å². The quantitative estimate of drug-likeness (QED) is 0.316. The minimum absolute atomic E-state index is 0.231. The van der Waals surface area contributed by atoms with Gasteiger partial charge in [0.25, 0.3) is 0 Å². The molecule has 0 bridgehead atoms. The van der Waals surface area contributed by atoms with E-state index in [2.05, 4.69) is 16.7 Å². The Labute approximate surface area is 36.6 Å². The third-order valence-electron chi connectivity index (χ3n) is 0.391. The van der Waals surface area contributed by atoms with Gasteiger partial charge in [-0.25, -0.2) is 4.99 Å².